The normalized spacial score (nSPS) is 20.6. The molecule has 0 radical (unpaired) electrons. The van der Waals surface area contributed by atoms with Crippen LogP contribution in [0.15, 0.2) is 0 Å². The van der Waals surface area contributed by atoms with Crippen LogP contribution in [-0.2, 0) is 18.3 Å². The van der Waals surface area contributed by atoms with Gasteiger partial charge in [-0.2, -0.15) is 0 Å². The summed E-state index contributed by atoms with van der Waals surface area (Å²) < 4.78 is 28.0. The summed E-state index contributed by atoms with van der Waals surface area (Å²) in [4.78, 5) is 9.77. The average molecular weight is 542 g/mol. The van der Waals surface area contributed by atoms with Gasteiger partial charge in [0.1, 0.15) is 0 Å². The molecule has 1 aliphatic rings. The highest BCUT2D eigenvalue weighted by Gasteiger charge is 2.37. The first-order chi connectivity index (χ1) is 15.5. The monoisotopic (exact) mass is 540 g/mol. The highest BCUT2D eigenvalue weighted by atomic mass is 79.9. The first-order valence-electron chi connectivity index (χ1n) is 13.4. The van der Waals surface area contributed by atoms with Gasteiger partial charge in [0, 0.05) is 11.9 Å². The van der Waals surface area contributed by atoms with Gasteiger partial charge in [-0.05, 0) is 19.3 Å². The molecule has 0 aliphatic carbocycles. The largest absolute Gasteiger partial charge is 0.472 e. The van der Waals surface area contributed by atoms with Crippen LogP contribution in [0, 0.1) is 0 Å². The Balaban J connectivity index is 1.97. The van der Waals surface area contributed by atoms with E-state index >= 15 is 0 Å². The Hall–Kier alpha value is 0.550. The third-order valence-electron chi connectivity index (χ3n) is 6.49. The molecule has 1 N–H and O–H groups in total. The lowest BCUT2D eigenvalue weighted by Crippen LogP contribution is -2.33. The van der Waals surface area contributed by atoms with Gasteiger partial charge in [0.15, 0.2) is 0 Å². The van der Waals surface area contributed by atoms with Gasteiger partial charge in [0.2, 0.25) is 0 Å². The molecule has 0 amide bonds. The van der Waals surface area contributed by atoms with E-state index in [2.05, 4.69) is 22.9 Å². The first-order valence-corrected chi connectivity index (χ1v) is 16.0. The lowest BCUT2D eigenvalue weighted by atomic mass is 9.93. The van der Waals surface area contributed by atoms with Crippen molar-refractivity contribution >= 4 is 23.8 Å². The average Bonchev–Trinajstić information content (AvgIpc) is 3.25. The van der Waals surface area contributed by atoms with Crippen molar-refractivity contribution in [3.8, 4) is 0 Å². The van der Waals surface area contributed by atoms with E-state index in [0.717, 1.165) is 25.7 Å². The molecule has 1 aliphatic heterocycles. The summed E-state index contributed by atoms with van der Waals surface area (Å²) in [5.74, 6) is 0. The Labute approximate surface area is 206 Å². The van der Waals surface area contributed by atoms with Crippen molar-refractivity contribution in [2.24, 2.45) is 0 Å². The number of rotatable bonds is 23. The Kier molecular flexibility index (Phi) is 18.9. The topological polar surface area (TPSA) is 65.0 Å². The molecule has 1 fully saturated rings. The van der Waals surface area contributed by atoms with E-state index in [1.165, 1.54) is 96.3 Å². The first kappa shape index (κ1) is 30.6. The molecule has 0 aromatic rings. The van der Waals surface area contributed by atoms with Crippen LogP contribution in [0.3, 0.4) is 0 Å². The molecule has 0 spiro atoms. The molecule has 0 bridgehead atoms. The molecule has 0 aromatic heterocycles. The highest BCUT2D eigenvalue weighted by molar-refractivity contribution is 9.09. The molecule has 32 heavy (non-hydrogen) atoms. The van der Waals surface area contributed by atoms with E-state index in [0.29, 0.717) is 11.9 Å². The van der Waals surface area contributed by atoms with E-state index < -0.39 is 13.4 Å². The van der Waals surface area contributed by atoms with Crippen LogP contribution in [0.4, 0.5) is 0 Å². The lowest BCUT2D eigenvalue weighted by Gasteiger charge is -2.28. The molecule has 192 valence electrons. The van der Waals surface area contributed by atoms with Crippen molar-refractivity contribution in [3.63, 3.8) is 0 Å². The molecular weight excluding hydrogens is 491 g/mol. The summed E-state index contributed by atoms with van der Waals surface area (Å²) >= 11 is 3.18. The van der Waals surface area contributed by atoms with Gasteiger partial charge in [-0.15, -0.1) is 0 Å². The van der Waals surface area contributed by atoms with Crippen LogP contribution in [0.2, 0.25) is 0 Å². The fourth-order valence-electron chi connectivity index (χ4n) is 4.52. The van der Waals surface area contributed by atoms with Crippen LogP contribution in [-0.4, -0.2) is 35.6 Å². The van der Waals surface area contributed by atoms with Gasteiger partial charge >= 0.3 is 7.82 Å². The standard InChI is InChI=1S/C25H50BrO5P/c1-2-3-4-5-6-7-8-9-10-11-12-13-14-15-16-17-19-25(20-18-22-29-25)24-31-32(27,28)30-23-21-26/h2-24H2,1H3,(H,27,28). The summed E-state index contributed by atoms with van der Waals surface area (Å²) in [7, 11) is -3.99. The van der Waals surface area contributed by atoms with E-state index in [1.54, 1.807) is 0 Å². The minimum atomic E-state index is -3.99. The number of unbranched alkanes of at least 4 members (excludes halogenated alkanes) is 15. The Bertz CT molecular complexity index is 471. The number of phosphoric ester groups is 1. The predicted molar refractivity (Wildman–Crippen MR) is 138 cm³/mol. The van der Waals surface area contributed by atoms with E-state index in [9.17, 15) is 9.46 Å². The number of hydrogen-bond donors (Lipinski definition) is 1. The fourth-order valence-corrected chi connectivity index (χ4v) is 5.73. The second kappa shape index (κ2) is 19.8. The number of ether oxygens (including phenoxy) is 1. The van der Waals surface area contributed by atoms with Gasteiger partial charge < -0.3 is 9.63 Å². The quantitative estimate of drug-likeness (QED) is 0.0796. The van der Waals surface area contributed by atoms with Crippen LogP contribution in [0.1, 0.15) is 129 Å². The Morgan fingerprint density at radius 3 is 1.78 bits per heavy atom. The van der Waals surface area contributed by atoms with Crippen molar-refractivity contribution in [1.29, 1.82) is 0 Å². The van der Waals surface area contributed by atoms with Gasteiger partial charge in [0.25, 0.3) is 0 Å². The fraction of sp³-hybridized carbons (Fsp3) is 1.00. The van der Waals surface area contributed by atoms with E-state index in [1.807, 2.05) is 0 Å². The maximum absolute atomic E-state index is 11.9. The maximum Gasteiger partial charge on any atom is 0.472 e. The molecule has 1 saturated heterocycles. The summed E-state index contributed by atoms with van der Waals surface area (Å²) in [5.41, 5.74) is -0.411. The minimum Gasteiger partial charge on any atom is -0.373 e. The smallest absolute Gasteiger partial charge is 0.373 e. The molecular formula is C25H50BrO5P. The molecule has 0 aromatic carbocycles. The zero-order chi connectivity index (χ0) is 23.4. The van der Waals surface area contributed by atoms with Gasteiger partial charge in [-0.1, -0.05) is 126 Å². The SMILES string of the molecule is CCCCCCCCCCCCCCCCCCC1(COP(=O)(O)OCCBr)CCCO1. The molecule has 1 heterocycles. The minimum absolute atomic E-state index is 0.141. The third kappa shape index (κ3) is 16.2. The van der Waals surface area contributed by atoms with Crippen LogP contribution in [0.25, 0.3) is 0 Å². The lowest BCUT2D eigenvalue weighted by molar-refractivity contribution is -0.0460. The van der Waals surface area contributed by atoms with Gasteiger partial charge in [-0.3, -0.25) is 9.05 Å². The predicted octanol–water partition coefficient (Wildman–Crippen LogP) is 8.72. The summed E-state index contributed by atoms with van der Waals surface area (Å²) in [6.45, 7) is 3.28. The molecule has 0 saturated carbocycles. The van der Waals surface area contributed by atoms with E-state index in [-0.39, 0.29) is 13.2 Å². The highest BCUT2D eigenvalue weighted by Crippen LogP contribution is 2.45. The van der Waals surface area contributed by atoms with Gasteiger partial charge in [-0.25, -0.2) is 4.57 Å². The third-order valence-corrected chi connectivity index (χ3v) is 7.78. The summed E-state index contributed by atoms with van der Waals surface area (Å²) in [6, 6.07) is 0. The van der Waals surface area contributed by atoms with Crippen molar-refractivity contribution in [3.05, 3.63) is 0 Å². The number of hydrogen-bond acceptors (Lipinski definition) is 4. The molecule has 1 rings (SSSR count). The van der Waals surface area contributed by atoms with Crippen LogP contribution >= 0.6 is 23.8 Å². The molecule has 2 unspecified atom stereocenters. The second-order valence-corrected chi connectivity index (χ2v) is 11.7. The maximum atomic E-state index is 11.9. The second-order valence-electron chi connectivity index (χ2n) is 9.45. The van der Waals surface area contributed by atoms with E-state index in [4.69, 9.17) is 13.8 Å². The molecule has 2 atom stereocenters. The van der Waals surface area contributed by atoms with Crippen molar-refractivity contribution < 1.29 is 23.2 Å². The summed E-state index contributed by atoms with van der Waals surface area (Å²) in [5, 5.41) is 0.502. The Morgan fingerprint density at radius 2 is 1.34 bits per heavy atom. The number of phosphoric acid groups is 1. The Morgan fingerprint density at radius 1 is 0.844 bits per heavy atom. The zero-order valence-electron chi connectivity index (χ0n) is 20.7. The van der Waals surface area contributed by atoms with Crippen LogP contribution < -0.4 is 0 Å². The van der Waals surface area contributed by atoms with Gasteiger partial charge in [0.05, 0.1) is 18.8 Å². The van der Waals surface area contributed by atoms with Crippen molar-refractivity contribution in [2.75, 3.05) is 25.2 Å². The number of halogens is 1. The van der Waals surface area contributed by atoms with Crippen molar-refractivity contribution in [1.82, 2.24) is 0 Å². The summed E-state index contributed by atoms with van der Waals surface area (Å²) in [6.07, 6.45) is 24.5. The van der Waals surface area contributed by atoms with Crippen LogP contribution in [0.5, 0.6) is 0 Å². The molecule has 5 nitrogen and oxygen atoms in total. The zero-order valence-corrected chi connectivity index (χ0v) is 23.1. The molecule has 7 heteroatoms. The number of alkyl halides is 1. The van der Waals surface area contributed by atoms with Crippen molar-refractivity contribution in [2.45, 2.75) is 135 Å².